The molecule has 0 bridgehead atoms. The van der Waals surface area contributed by atoms with Crippen LogP contribution in [0.25, 0.3) is 0 Å². The molecule has 0 atom stereocenters. The Morgan fingerprint density at radius 1 is 1.12 bits per heavy atom. The normalized spacial score (nSPS) is 11.2. The Morgan fingerprint density at radius 3 is 2.35 bits per heavy atom. The van der Waals surface area contributed by atoms with Gasteiger partial charge in [-0.3, -0.25) is 9.59 Å². The Hall–Kier alpha value is -2.35. The van der Waals surface area contributed by atoms with Gasteiger partial charge in [0.1, 0.15) is 0 Å². The van der Waals surface area contributed by atoms with Crippen molar-refractivity contribution in [1.82, 2.24) is 10.3 Å². The van der Waals surface area contributed by atoms with Crippen LogP contribution in [0.2, 0.25) is 0 Å². The number of alkyl halides is 3. The number of Topliss-reactive ketones (excluding diaryl/α,β-unsaturated/α-hetero) is 1. The number of hydrogen-bond donors (Lipinski definition) is 1. The summed E-state index contributed by atoms with van der Waals surface area (Å²) in [5, 5.41) is 3.06. The van der Waals surface area contributed by atoms with E-state index < -0.39 is 11.7 Å². The zero-order chi connectivity index (χ0) is 19.2. The van der Waals surface area contributed by atoms with Gasteiger partial charge in [-0.1, -0.05) is 36.0 Å². The lowest BCUT2D eigenvalue weighted by Gasteiger charge is -2.07. The molecule has 0 aliphatic heterocycles. The fourth-order valence-corrected chi connectivity index (χ4v) is 2.83. The Labute approximate surface area is 153 Å². The molecule has 8 heteroatoms. The van der Waals surface area contributed by atoms with E-state index in [1.807, 2.05) is 12.1 Å². The van der Waals surface area contributed by atoms with Gasteiger partial charge in [-0.2, -0.15) is 13.2 Å². The van der Waals surface area contributed by atoms with Crippen LogP contribution in [0.3, 0.4) is 0 Å². The second kappa shape index (κ2) is 8.84. The van der Waals surface area contributed by atoms with E-state index in [4.69, 9.17) is 0 Å². The van der Waals surface area contributed by atoms with Gasteiger partial charge in [0.15, 0.2) is 5.78 Å². The molecule has 1 N–H and O–H groups in total. The monoisotopic (exact) mass is 382 g/mol. The summed E-state index contributed by atoms with van der Waals surface area (Å²) in [4.78, 5) is 26.7. The third-order valence-electron chi connectivity index (χ3n) is 3.48. The number of nitrogens with zero attached hydrogens (tertiary/aromatic N) is 1. The predicted octanol–water partition coefficient (Wildman–Crippen LogP) is 3.75. The highest BCUT2D eigenvalue weighted by Crippen LogP contribution is 2.29. The lowest BCUT2D eigenvalue weighted by molar-refractivity contribution is -0.137. The summed E-state index contributed by atoms with van der Waals surface area (Å²) in [6, 6.07) is 9.24. The van der Waals surface area contributed by atoms with Gasteiger partial charge in [0, 0.05) is 25.2 Å². The number of carbonyl (C=O) groups is 2. The summed E-state index contributed by atoms with van der Waals surface area (Å²) in [5.41, 5.74) is 0.697. The first kappa shape index (κ1) is 20.0. The number of thioether (sulfide) groups is 1. The van der Waals surface area contributed by atoms with E-state index in [-0.39, 0.29) is 17.4 Å². The molecule has 1 aromatic heterocycles. The van der Waals surface area contributed by atoms with Crippen molar-refractivity contribution in [3.05, 3.63) is 59.3 Å². The molecular formula is C18H17F3N2O2S. The maximum absolute atomic E-state index is 12.5. The second-order valence-corrected chi connectivity index (χ2v) is 6.52. The number of hydrogen-bond acceptors (Lipinski definition) is 4. The van der Waals surface area contributed by atoms with E-state index in [1.54, 1.807) is 12.1 Å². The van der Waals surface area contributed by atoms with Gasteiger partial charge < -0.3 is 5.32 Å². The van der Waals surface area contributed by atoms with Crippen LogP contribution in [0.4, 0.5) is 13.2 Å². The summed E-state index contributed by atoms with van der Waals surface area (Å²) in [6.07, 6.45) is -3.00. The summed E-state index contributed by atoms with van der Waals surface area (Å²) in [5.74, 6) is -0.139. The van der Waals surface area contributed by atoms with Gasteiger partial charge >= 0.3 is 6.18 Å². The molecule has 138 valence electrons. The molecule has 0 spiro atoms. The van der Waals surface area contributed by atoms with Gasteiger partial charge in [0.05, 0.1) is 16.3 Å². The lowest BCUT2D eigenvalue weighted by Crippen LogP contribution is -2.22. The molecule has 26 heavy (non-hydrogen) atoms. The number of nitrogens with one attached hydrogen (secondary N) is 1. The van der Waals surface area contributed by atoms with Crippen LogP contribution in [0.15, 0.2) is 47.6 Å². The fourth-order valence-electron chi connectivity index (χ4n) is 2.10. The second-order valence-electron chi connectivity index (χ2n) is 5.52. The standard InChI is InChI=1S/C18H17F3N2O2S/c1-12(24)22-9-8-13-2-4-14(5-3-13)16(25)11-26-17-7-6-15(10-23-17)18(19,20)21/h2-7,10H,8-9,11H2,1H3,(H,22,24). The summed E-state index contributed by atoms with van der Waals surface area (Å²) < 4.78 is 37.4. The van der Waals surface area contributed by atoms with Crippen LogP contribution in [-0.2, 0) is 17.4 Å². The van der Waals surface area contributed by atoms with Crippen LogP contribution < -0.4 is 5.32 Å². The van der Waals surface area contributed by atoms with Gasteiger partial charge in [0.25, 0.3) is 0 Å². The highest BCUT2D eigenvalue weighted by Gasteiger charge is 2.30. The molecule has 0 fully saturated rings. The molecule has 2 rings (SSSR count). The molecule has 0 saturated carbocycles. The van der Waals surface area contributed by atoms with Crippen molar-refractivity contribution in [2.75, 3.05) is 12.3 Å². The van der Waals surface area contributed by atoms with E-state index in [0.29, 0.717) is 23.6 Å². The minimum atomic E-state index is -4.42. The molecule has 0 unspecified atom stereocenters. The Morgan fingerprint density at radius 2 is 1.81 bits per heavy atom. The fraction of sp³-hybridized carbons (Fsp3) is 0.278. The number of carbonyl (C=O) groups excluding carboxylic acids is 2. The van der Waals surface area contributed by atoms with Crippen molar-refractivity contribution in [3.63, 3.8) is 0 Å². The largest absolute Gasteiger partial charge is 0.417 e. The molecule has 0 aliphatic rings. The Kier molecular flexibility index (Phi) is 6.79. The first-order valence-corrected chi connectivity index (χ1v) is 8.77. The molecule has 0 aliphatic carbocycles. The average Bonchev–Trinajstić information content (AvgIpc) is 2.59. The molecule has 1 heterocycles. The van der Waals surface area contributed by atoms with Crippen molar-refractivity contribution < 1.29 is 22.8 Å². The zero-order valence-corrected chi connectivity index (χ0v) is 14.8. The van der Waals surface area contributed by atoms with Gasteiger partial charge in [-0.05, 0) is 24.1 Å². The number of rotatable bonds is 7. The minimum Gasteiger partial charge on any atom is -0.356 e. The maximum Gasteiger partial charge on any atom is 0.417 e. The molecule has 1 amide bonds. The molecule has 4 nitrogen and oxygen atoms in total. The predicted molar refractivity (Wildman–Crippen MR) is 93.1 cm³/mol. The highest BCUT2D eigenvalue weighted by molar-refractivity contribution is 7.99. The number of benzene rings is 1. The highest BCUT2D eigenvalue weighted by atomic mass is 32.2. The molecule has 2 aromatic rings. The van der Waals surface area contributed by atoms with Gasteiger partial charge in [0.2, 0.25) is 5.91 Å². The van der Waals surface area contributed by atoms with Crippen molar-refractivity contribution in [2.24, 2.45) is 0 Å². The third-order valence-corrected chi connectivity index (χ3v) is 4.42. The number of amides is 1. The van der Waals surface area contributed by atoms with Crippen molar-refractivity contribution in [3.8, 4) is 0 Å². The maximum atomic E-state index is 12.5. The number of pyridine rings is 1. The van der Waals surface area contributed by atoms with E-state index in [2.05, 4.69) is 10.3 Å². The van der Waals surface area contributed by atoms with E-state index in [9.17, 15) is 22.8 Å². The Balaban J connectivity index is 1.86. The molecule has 0 saturated heterocycles. The van der Waals surface area contributed by atoms with Crippen LogP contribution >= 0.6 is 11.8 Å². The van der Waals surface area contributed by atoms with Crippen LogP contribution in [-0.4, -0.2) is 29.0 Å². The zero-order valence-electron chi connectivity index (χ0n) is 14.0. The minimum absolute atomic E-state index is 0.0869. The van der Waals surface area contributed by atoms with Crippen molar-refractivity contribution >= 4 is 23.5 Å². The van der Waals surface area contributed by atoms with Crippen LogP contribution in [0.1, 0.15) is 28.4 Å². The van der Waals surface area contributed by atoms with Gasteiger partial charge in [-0.15, -0.1) is 0 Å². The summed E-state index contributed by atoms with van der Waals surface area (Å²) >= 11 is 1.09. The van der Waals surface area contributed by atoms with Gasteiger partial charge in [-0.25, -0.2) is 4.98 Å². The molecule has 1 aromatic carbocycles. The first-order chi connectivity index (χ1) is 12.3. The lowest BCUT2D eigenvalue weighted by atomic mass is 10.1. The van der Waals surface area contributed by atoms with Crippen molar-refractivity contribution in [1.29, 1.82) is 0 Å². The summed E-state index contributed by atoms with van der Waals surface area (Å²) in [6.45, 7) is 1.98. The third kappa shape index (κ3) is 6.18. The van der Waals surface area contributed by atoms with E-state index in [1.165, 1.54) is 13.0 Å². The molecular weight excluding hydrogens is 365 g/mol. The number of aromatic nitrogens is 1. The van der Waals surface area contributed by atoms with Crippen LogP contribution in [0, 0.1) is 0 Å². The van der Waals surface area contributed by atoms with Crippen molar-refractivity contribution in [2.45, 2.75) is 24.5 Å². The topological polar surface area (TPSA) is 59.1 Å². The first-order valence-electron chi connectivity index (χ1n) is 7.78. The SMILES string of the molecule is CC(=O)NCCc1ccc(C(=O)CSc2ccc(C(F)(F)F)cn2)cc1. The summed E-state index contributed by atoms with van der Waals surface area (Å²) in [7, 11) is 0. The Bertz CT molecular complexity index is 760. The average molecular weight is 382 g/mol. The van der Waals surface area contributed by atoms with E-state index in [0.717, 1.165) is 29.6 Å². The quantitative estimate of drug-likeness (QED) is 0.585. The van der Waals surface area contributed by atoms with E-state index >= 15 is 0 Å². The molecule has 0 radical (unpaired) electrons. The number of halogens is 3. The smallest absolute Gasteiger partial charge is 0.356 e. The number of ketones is 1. The van der Waals surface area contributed by atoms with Crippen LogP contribution in [0.5, 0.6) is 0 Å².